The average molecular weight is 396 g/mol. The molecule has 0 amide bonds. The van der Waals surface area contributed by atoms with Gasteiger partial charge in [0.1, 0.15) is 21.7 Å². The number of alkyl halides is 6. The van der Waals surface area contributed by atoms with E-state index < -0.39 is 44.0 Å². The third-order valence-electron chi connectivity index (χ3n) is 2.79. The summed E-state index contributed by atoms with van der Waals surface area (Å²) in [6.07, 6.45) is -9.58. The highest BCUT2D eigenvalue weighted by atomic mass is 35.5. The van der Waals surface area contributed by atoms with Crippen LogP contribution in [0.2, 0.25) is 10.0 Å². The lowest BCUT2D eigenvalue weighted by Crippen LogP contribution is -2.11. The lowest BCUT2D eigenvalue weighted by atomic mass is 10.2. The van der Waals surface area contributed by atoms with Gasteiger partial charge in [0, 0.05) is 0 Å². The van der Waals surface area contributed by atoms with Crippen molar-refractivity contribution in [3.63, 3.8) is 0 Å². The number of nitrogens with zero attached hydrogens (tertiary/aromatic N) is 1. The van der Waals surface area contributed by atoms with Crippen LogP contribution in [0.5, 0.6) is 0 Å². The Labute approximate surface area is 139 Å². The van der Waals surface area contributed by atoms with Crippen LogP contribution in [-0.2, 0) is 12.4 Å². The maximum Gasteiger partial charge on any atom is 0.422 e. The van der Waals surface area contributed by atoms with Gasteiger partial charge in [0.2, 0.25) is 0 Å². The summed E-state index contributed by atoms with van der Waals surface area (Å²) in [5.41, 5.74) is 2.53. The molecule has 0 radical (unpaired) electrons. The van der Waals surface area contributed by atoms with Crippen molar-refractivity contribution in [2.24, 2.45) is 0 Å². The van der Waals surface area contributed by atoms with Gasteiger partial charge in [-0.15, -0.1) is 0 Å². The molecule has 1 aromatic carbocycles. The minimum Gasteiger partial charge on any atom is -0.383 e. The van der Waals surface area contributed by atoms with Gasteiger partial charge in [0.15, 0.2) is 0 Å². The Bertz CT molecular complexity index is 798. The van der Waals surface area contributed by atoms with E-state index in [2.05, 4.69) is 17.3 Å². The number of nitrogens with two attached hydrogens (primary N) is 1. The van der Waals surface area contributed by atoms with Crippen molar-refractivity contribution in [3.8, 4) is 5.69 Å². The molecule has 126 valence electrons. The van der Waals surface area contributed by atoms with Gasteiger partial charge < -0.3 is 5.73 Å². The van der Waals surface area contributed by atoms with E-state index in [-0.39, 0.29) is 5.69 Å². The van der Waals surface area contributed by atoms with Crippen LogP contribution >= 0.6 is 35.4 Å². The second-order valence-corrected chi connectivity index (χ2v) is 5.54. The second-order valence-electron chi connectivity index (χ2n) is 4.32. The van der Waals surface area contributed by atoms with Gasteiger partial charge in [-0.05, 0) is 12.1 Å². The Morgan fingerprint density at radius 3 is 1.83 bits per heavy atom. The molecule has 0 unspecified atom stereocenters. The first-order valence-electron chi connectivity index (χ1n) is 5.58. The van der Waals surface area contributed by atoms with Crippen molar-refractivity contribution < 1.29 is 26.3 Å². The Kier molecular flexibility index (Phi) is 4.37. The van der Waals surface area contributed by atoms with Crippen molar-refractivity contribution in [3.05, 3.63) is 37.9 Å². The van der Waals surface area contributed by atoms with E-state index in [0.717, 1.165) is 0 Å². The molecule has 3 nitrogen and oxygen atoms in total. The van der Waals surface area contributed by atoms with Gasteiger partial charge in [-0.3, -0.25) is 5.10 Å². The summed E-state index contributed by atoms with van der Waals surface area (Å²) in [5, 5.41) is 1.01. The maximum atomic E-state index is 12.9. The number of halogens is 8. The molecule has 0 bridgehead atoms. The van der Waals surface area contributed by atoms with Gasteiger partial charge in [0.25, 0.3) is 0 Å². The van der Waals surface area contributed by atoms with Crippen LogP contribution in [0.4, 0.5) is 32.2 Å². The third-order valence-corrected chi connectivity index (χ3v) is 3.66. The summed E-state index contributed by atoms with van der Waals surface area (Å²) in [7, 11) is 0. The fraction of sp³-hybridized carbons (Fsp3) is 0.182. The Balaban J connectivity index is 2.73. The predicted octanol–water partition coefficient (Wildman–Crippen LogP) is 5.46. The number of H-pyrrole nitrogens is 1. The van der Waals surface area contributed by atoms with Crippen LogP contribution in [0.15, 0.2) is 12.1 Å². The molecule has 0 aliphatic carbocycles. The number of nitrogens with one attached hydrogen (secondary N) is 1. The summed E-state index contributed by atoms with van der Waals surface area (Å²) in [6, 6.07) is 1.04. The largest absolute Gasteiger partial charge is 0.422 e. The molecular weight excluding hydrogens is 391 g/mol. The van der Waals surface area contributed by atoms with E-state index >= 15 is 0 Å². The molecule has 2 rings (SSSR count). The van der Waals surface area contributed by atoms with Gasteiger partial charge in [-0.2, -0.15) is 26.3 Å². The van der Waals surface area contributed by atoms with Crippen molar-refractivity contribution in [1.29, 1.82) is 0 Å². The van der Waals surface area contributed by atoms with Gasteiger partial charge in [-0.1, -0.05) is 35.4 Å². The van der Waals surface area contributed by atoms with Crippen LogP contribution in [0.3, 0.4) is 0 Å². The molecule has 0 fully saturated rings. The highest BCUT2D eigenvalue weighted by Gasteiger charge is 2.38. The normalized spacial score (nSPS) is 12.7. The van der Waals surface area contributed by atoms with Gasteiger partial charge in [0.05, 0.1) is 15.6 Å². The molecule has 0 spiro atoms. The lowest BCUT2D eigenvalue weighted by molar-refractivity contribution is -0.138. The van der Waals surface area contributed by atoms with Gasteiger partial charge >= 0.3 is 12.4 Å². The molecule has 0 saturated carbocycles. The van der Waals surface area contributed by atoms with Crippen molar-refractivity contribution in [2.45, 2.75) is 12.4 Å². The number of rotatable bonds is 1. The molecule has 1 heterocycles. The summed E-state index contributed by atoms with van der Waals surface area (Å²) < 4.78 is 76.4. The van der Waals surface area contributed by atoms with Crippen LogP contribution < -0.4 is 5.73 Å². The Morgan fingerprint density at radius 1 is 1.00 bits per heavy atom. The van der Waals surface area contributed by atoms with Crippen molar-refractivity contribution in [1.82, 2.24) is 9.78 Å². The molecule has 0 saturated heterocycles. The monoisotopic (exact) mass is 395 g/mol. The fourth-order valence-electron chi connectivity index (χ4n) is 1.84. The molecule has 3 N–H and O–H groups in total. The molecule has 1 aromatic heterocycles. The second kappa shape index (κ2) is 5.60. The standard InChI is InChI=1S/C11H5Cl2F6N3S/c12-4-1-3(10(14,15)16)2-5(13)7(4)22-8(20)6(9(23)21-22)11(17,18)19/h1-2H,20H2,(H,21,23). The number of aromatic nitrogens is 2. The van der Waals surface area contributed by atoms with Crippen LogP contribution in [-0.4, -0.2) is 9.78 Å². The smallest absolute Gasteiger partial charge is 0.383 e. The highest BCUT2D eigenvalue weighted by molar-refractivity contribution is 7.71. The first kappa shape index (κ1) is 18.0. The van der Waals surface area contributed by atoms with E-state index in [0.29, 0.717) is 16.8 Å². The lowest BCUT2D eigenvalue weighted by Gasteiger charge is -2.14. The van der Waals surface area contributed by atoms with E-state index in [1.54, 1.807) is 0 Å². The minimum atomic E-state index is -4.85. The molecule has 0 aliphatic heterocycles. The highest BCUT2D eigenvalue weighted by Crippen LogP contribution is 2.40. The number of aromatic amines is 1. The summed E-state index contributed by atoms with van der Waals surface area (Å²) in [5.74, 6) is -0.869. The summed E-state index contributed by atoms with van der Waals surface area (Å²) in [6.45, 7) is 0. The minimum absolute atomic E-state index is 0.375. The number of hydrogen-bond donors (Lipinski definition) is 2. The van der Waals surface area contributed by atoms with Crippen LogP contribution in [0.1, 0.15) is 11.1 Å². The topological polar surface area (TPSA) is 46.7 Å². The molecule has 12 heteroatoms. The zero-order valence-electron chi connectivity index (χ0n) is 10.6. The van der Waals surface area contributed by atoms with Gasteiger partial charge in [-0.25, -0.2) is 4.68 Å². The predicted molar refractivity (Wildman–Crippen MR) is 75.4 cm³/mol. The first-order chi connectivity index (χ1) is 10.3. The zero-order chi connectivity index (χ0) is 17.7. The van der Waals surface area contributed by atoms with E-state index in [1.165, 1.54) is 0 Å². The molecule has 0 aliphatic rings. The van der Waals surface area contributed by atoms with E-state index in [9.17, 15) is 26.3 Å². The quantitative estimate of drug-likeness (QED) is 0.497. The van der Waals surface area contributed by atoms with E-state index in [1.807, 2.05) is 0 Å². The average Bonchev–Trinajstić information content (AvgIpc) is 2.62. The fourth-order valence-corrected chi connectivity index (χ4v) is 2.81. The molecular formula is C11H5Cl2F6N3S. The number of hydrogen-bond acceptors (Lipinski definition) is 2. The van der Waals surface area contributed by atoms with E-state index in [4.69, 9.17) is 28.9 Å². The van der Waals surface area contributed by atoms with Crippen molar-refractivity contribution >= 4 is 41.2 Å². The number of nitrogen functional groups attached to an aromatic ring is 1. The number of benzene rings is 1. The maximum absolute atomic E-state index is 12.9. The SMILES string of the molecule is Nc1c(C(F)(F)F)c(=S)[nH]n1-c1c(Cl)cc(C(F)(F)F)cc1Cl. The third kappa shape index (κ3) is 3.29. The molecule has 2 aromatic rings. The van der Waals surface area contributed by atoms with Crippen LogP contribution in [0, 0.1) is 4.64 Å². The molecule has 0 atom stereocenters. The Morgan fingerprint density at radius 2 is 1.48 bits per heavy atom. The number of anilines is 1. The first-order valence-corrected chi connectivity index (χ1v) is 6.74. The summed E-state index contributed by atoms with van der Waals surface area (Å²) in [4.78, 5) is 0. The Hall–Kier alpha value is -1.39. The summed E-state index contributed by atoms with van der Waals surface area (Å²) >= 11 is 16.0. The zero-order valence-corrected chi connectivity index (χ0v) is 12.9. The van der Waals surface area contributed by atoms with Crippen LogP contribution in [0.25, 0.3) is 5.69 Å². The van der Waals surface area contributed by atoms with Crippen molar-refractivity contribution in [2.75, 3.05) is 5.73 Å². The molecule has 23 heavy (non-hydrogen) atoms.